The maximum absolute atomic E-state index is 5.58. The highest BCUT2D eigenvalue weighted by atomic mass is 16.5. The van der Waals surface area contributed by atoms with Crippen LogP contribution in [0.15, 0.2) is 36.5 Å². The van der Waals surface area contributed by atoms with E-state index in [0.717, 1.165) is 0 Å². The fraction of sp³-hybridized carbons (Fsp3) is 0.500. The minimum absolute atomic E-state index is 0.105. The van der Waals surface area contributed by atoms with E-state index in [1.54, 1.807) is 12.2 Å². The van der Waals surface area contributed by atoms with Crippen LogP contribution in [0.1, 0.15) is 13.8 Å². The van der Waals surface area contributed by atoms with Crippen molar-refractivity contribution in [1.29, 1.82) is 0 Å². The highest BCUT2D eigenvalue weighted by Gasteiger charge is 2.36. The molecular formula is C12H18O2. The Morgan fingerprint density at radius 2 is 1.36 bits per heavy atom. The second kappa shape index (κ2) is 5.13. The fourth-order valence-corrected chi connectivity index (χ4v) is 1.57. The maximum Gasteiger partial charge on any atom is 0.109 e. The van der Waals surface area contributed by atoms with Crippen molar-refractivity contribution in [3.8, 4) is 0 Å². The van der Waals surface area contributed by atoms with Gasteiger partial charge in [0, 0.05) is 0 Å². The summed E-state index contributed by atoms with van der Waals surface area (Å²) in [5.74, 6) is 0. The van der Waals surface area contributed by atoms with E-state index >= 15 is 0 Å². The first-order valence-corrected chi connectivity index (χ1v) is 4.84. The fourth-order valence-electron chi connectivity index (χ4n) is 1.57. The second-order valence-electron chi connectivity index (χ2n) is 3.45. The molecule has 0 aromatic rings. The maximum atomic E-state index is 5.58. The van der Waals surface area contributed by atoms with Crippen molar-refractivity contribution in [3.63, 3.8) is 0 Å². The first-order valence-electron chi connectivity index (χ1n) is 4.84. The van der Waals surface area contributed by atoms with E-state index in [2.05, 4.69) is 27.0 Å². The molecule has 0 bridgehead atoms. The molecule has 0 aromatic heterocycles. The highest BCUT2D eigenvalue weighted by molar-refractivity contribution is 5.33. The second-order valence-corrected chi connectivity index (χ2v) is 3.45. The van der Waals surface area contributed by atoms with E-state index in [9.17, 15) is 0 Å². The van der Waals surface area contributed by atoms with E-state index in [4.69, 9.17) is 9.47 Å². The van der Waals surface area contributed by atoms with Crippen molar-refractivity contribution in [1.82, 2.24) is 0 Å². The largest absolute Gasteiger partial charge is 0.367 e. The van der Waals surface area contributed by atoms with Crippen LogP contribution in [0.5, 0.6) is 0 Å². The SMILES string of the molecule is C=CCOC1C(C)=C(C)C1OCC=C. The van der Waals surface area contributed by atoms with Gasteiger partial charge in [0.1, 0.15) is 12.2 Å². The van der Waals surface area contributed by atoms with Crippen molar-refractivity contribution in [2.45, 2.75) is 26.1 Å². The van der Waals surface area contributed by atoms with Gasteiger partial charge in [-0.05, 0) is 25.0 Å². The summed E-state index contributed by atoms with van der Waals surface area (Å²) in [5, 5.41) is 0. The first kappa shape index (κ1) is 11.2. The molecule has 1 aliphatic carbocycles. The Bertz CT molecular complexity index is 227. The summed E-state index contributed by atoms with van der Waals surface area (Å²) < 4.78 is 11.2. The van der Waals surface area contributed by atoms with Gasteiger partial charge in [0.2, 0.25) is 0 Å². The van der Waals surface area contributed by atoms with Gasteiger partial charge in [-0.2, -0.15) is 0 Å². The van der Waals surface area contributed by atoms with Gasteiger partial charge >= 0.3 is 0 Å². The van der Waals surface area contributed by atoms with E-state index < -0.39 is 0 Å². The molecule has 2 heteroatoms. The van der Waals surface area contributed by atoms with E-state index in [1.807, 2.05) is 0 Å². The van der Waals surface area contributed by atoms with Gasteiger partial charge in [0.05, 0.1) is 13.2 Å². The summed E-state index contributed by atoms with van der Waals surface area (Å²) >= 11 is 0. The molecule has 2 atom stereocenters. The van der Waals surface area contributed by atoms with Crippen molar-refractivity contribution < 1.29 is 9.47 Å². The van der Waals surface area contributed by atoms with Gasteiger partial charge in [-0.1, -0.05) is 12.2 Å². The van der Waals surface area contributed by atoms with Crippen LogP contribution >= 0.6 is 0 Å². The third-order valence-corrected chi connectivity index (χ3v) is 2.54. The molecule has 1 rings (SSSR count). The van der Waals surface area contributed by atoms with E-state index in [0.29, 0.717) is 13.2 Å². The van der Waals surface area contributed by atoms with Crippen molar-refractivity contribution in [3.05, 3.63) is 36.5 Å². The minimum atomic E-state index is 0.105. The van der Waals surface area contributed by atoms with Gasteiger partial charge in [-0.3, -0.25) is 0 Å². The molecule has 0 spiro atoms. The molecule has 0 radical (unpaired) electrons. The van der Waals surface area contributed by atoms with Gasteiger partial charge < -0.3 is 9.47 Å². The normalized spacial score (nSPS) is 25.9. The molecule has 1 aliphatic rings. The Morgan fingerprint density at radius 1 is 1.00 bits per heavy atom. The minimum Gasteiger partial charge on any atom is -0.367 e. The first-order chi connectivity index (χ1) is 6.72. The Labute approximate surface area is 85.9 Å². The van der Waals surface area contributed by atoms with Gasteiger partial charge in [-0.25, -0.2) is 0 Å². The molecule has 0 heterocycles. The topological polar surface area (TPSA) is 18.5 Å². The Kier molecular flexibility index (Phi) is 4.11. The molecule has 0 amide bonds. The molecule has 0 aromatic carbocycles. The summed E-state index contributed by atoms with van der Waals surface area (Å²) in [7, 11) is 0. The smallest absolute Gasteiger partial charge is 0.109 e. The lowest BCUT2D eigenvalue weighted by atomic mass is 9.84. The van der Waals surface area contributed by atoms with E-state index in [-0.39, 0.29) is 12.2 Å². The predicted octanol–water partition coefficient (Wildman–Crippen LogP) is 2.48. The van der Waals surface area contributed by atoms with Gasteiger partial charge in [0.15, 0.2) is 0 Å². The monoisotopic (exact) mass is 194 g/mol. The Hall–Kier alpha value is -0.860. The quantitative estimate of drug-likeness (QED) is 0.605. The summed E-state index contributed by atoms with van der Waals surface area (Å²) in [6.07, 6.45) is 3.72. The molecule has 78 valence electrons. The third kappa shape index (κ3) is 2.14. The molecule has 0 saturated carbocycles. The zero-order chi connectivity index (χ0) is 10.6. The molecule has 0 saturated heterocycles. The zero-order valence-electron chi connectivity index (χ0n) is 8.95. The van der Waals surface area contributed by atoms with Crippen molar-refractivity contribution >= 4 is 0 Å². The van der Waals surface area contributed by atoms with Crippen LogP contribution in [0.3, 0.4) is 0 Å². The molecular weight excluding hydrogens is 176 g/mol. The van der Waals surface area contributed by atoms with Crippen LogP contribution in [0, 0.1) is 0 Å². The summed E-state index contributed by atoms with van der Waals surface area (Å²) in [6, 6.07) is 0. The summed E-state index contributed by atoms with van der Waals surface area (Å²) in [5.41, 5.74) is 2.56. The number of rotatable bonds is 6. The van der Waals surface area contributed by atoms with Crippen molar-refractivity contribution in [2.75, 3.05) is 13.2 Å². The molecule has 0 N–H and O–H groups in total. The van der Waals surface area contributed by atoms with Crippen LogP contribution in [0.25, 0.3) is 0 Å². The summed E-state index contributed by atoms with van der Waals surface area (Å²) in [4.78, 5) is 0. The van der Waals surface area contributed by atoms with Crippen LogP contribution in [-0.2, 0) is 9.47 Å². The van der Waals surface area contributed by atoms with Gasteiger partial charge in [0.25, 0.3) is 0 Å². The average Bonchev–Trinajstić information content (AvgIpc) is 2.21. The molecule has 0 fully saturated rings. The third-order valence-electron chi connectivity index (χ3n) is 2.54. The average molecular weight is 194 g/mol. The Morgan fingerprint density at radius 3 is 1.64 bits per heavy atom. The van der Waals surface area contributed by atoms with E-state index in [1.165, 1.54) is 11.1 Å². The lowest BCUT2D eigenvalue weighted by Crippen LogP contribution is -2.43. The highest BCUT2D eigenvalue weighted by Crippen LogP contribution is 2.33. The number of hydrogen-bond donors (Lipinski definition) is 0. The number of hydrogen-bond acceptors (Lipinski definition) is 2. The number of ether oxygens (including phenoxy) is 2. The molecule has 0 aliphatic heterocycles. The summed E-state index contributed by atoms with van der Waals surface area (Å²) in [6.45, 7) is 12.6. The van der Waals surface area contributed by atoms with Crippen LogP contribution in [0.2, 0.25) is 0 Å². The molecule has 2 nitrogen and oxygen atoms in total. The lowest BCUT2D eigenvalue weighted by Gasteiger charge is -2.38. The zero-order valence-corrected chi connectivity index (χ0v) is 8.95. The lowest BCUT2D eigenvalue weighted by molar-refractivity contribution is -0.0438. The van der Waals surface area contributed by atoms with Crippen LogP contribution < -0.4 is 0 Å². The predicted molar refractivity (Wildman–Crippen MR) is 58.2 cm³/mol. The molecule has 14 heavy (non-hydrogen) atoms. The van der Waals surface area contributed by atoms with Crippen LogP contribution in [0.4, 0.5) is 0 Å². The van der Waals surface area contributed by atoms with Crippen molar-refractivity contribution in [2.24, 2.45) is 0 Å². The molecule has 2 unspecified atom stereocenters. The standard InChI is InChI=1S/C12H18O2/c1-5-7-13-11-9(3)10(4)12(11)14-8-6-2/h5-6,11-12H,1-2,7-8H2,3-4H3. The van der Waals surface area contributed by atoms with Gasteiger partial charge in [-0.15, -0.1) is 13.2 Å². The van der Waals surface area contributed by atoms with Crippen LogP contribution in [-0.4, -0.2) is 25.4 Å². The Balaban J connectivity index is 2.49.